The molecule has 1 amide bonds. The van der Waals surface area contributed by atoms with E-state index < -0.39 is 0 Å². The molecule has 0 aliphatic carbocycles. The Kier molecular flexibility index (Phi) is 3.20. The topological polar surface area (TPSA) is 42.0 Å². The van der Waals surface area contributed by atoms with Gasteiger partial charge in [0, 0.05) is 24.5 Å². The number of nitrogens with one attached hydrogen (secondary N) is 1. The molecular weight excluding hydrogens is 164 g/mol. The van der Waals surface area contributed by atoms with E-state index in [2.05, 4.69) is 16.9 Å². The van der Waals surface area contributed by atoms with Gasteiger partial charge in [0.1, 0.15) is 0 Å². The fraction of sp³-hybridized carbons (Fsp3) is 0.200. The summed E-state index contributed by atoms with van der Waals surface area (Å²) in [6.07, 6.45) is 3.39. The summed E-state index contributed by atoms with van der Waals surface area (Å²) >= 11 is 0. The van der Waals surface area contributed by atoms with Crippen molar-refractivity contribution in [3.8, 4) is 0 Å². The summed E-state index contributed by atoms with van der Waals surface area (Å²) in [6, 6.07) is 3.72. The molecule has 1 heterocycles. The fourth-order valence-corrected chi connectivity index (χ4v) is 0.834. The highest BCUT2D eigenvalue weighted by molar-refractivity contribution is 5.91. The lowest BCUT2D eigenvalue weighted by Crippen LogP contribution is -2.22. The molecule has 0 saturated carbocycles. The van der Waals surface area contributed by atoms with Gasteiger partial charge < -0.3 is 5.32 Å². The normalized spacial score (nSPS) is 9.31. The van der Waals surface area contributed by atoms with E-state index in [0.29, 0.717) is 12.1 Å². The summed E-state index contributed by atoms with van der Waals surface area (Å²) in [5, 5.41) is 2.73. The minimum Gasteiger partial charge on any atom is -0.348 e. The molecule has 68 valence electrons. The van der Waals surface area contributed by atoms with E-state index in [-0.39, 0.29) is 5.91 Å². The van der Waals surface area contributed by atoms with Crippen LogP contribution in [0, 0.1) is 0 Å². The molecule has 1 rings (SSSR count). The fourth-order valence-electron chi connectivity index (χ4n) is 0.834. The van der Waals surface area contributed by atoms with Crippen LogP contribution < -0.4 is 5.32 Å². The first-order valence-electron chi connectivity index (χ1n) is 4.03. The molecular formula is C10H12N2O. The number of rotatable bonds is 3. The number of amides is 1. The van der Waals surface area contributed by atoms with Gasteiger partial charge in [-0.2, -0.15) is 0 Å². The Morgan fingerprint density at radius 2 is 2.15 bits per heavy atom. The zero-order valence-corrected chi connectivity index (χ0v) is 7.58. The second kappa shape index (κ2) is 4.40. The Hall–Kier alpha value is -1.64. The third-order valence-electron chi connectivity index (χ3n) is 1.59. The van der Waals surface area contributed by atoms with E-state index in [1.165, 1.54) is 0 Å². The van der Waals surface area contributed by atoms with Crippen molar-refractivity contribution in [2.75, 3.05) is 0 Å². The molecule has 0 bridgehead atoms. The number of hydrogen-bond donors (Lipinski definition) is 1. The molecule has 0 spiro atoms. The van der Waals surface area contributed by atoms with E-state index in [4.69, 9.17) is 0 Å². The van der Waals surface area contributed by atoms with Crippen molar-refractivity contribution >= 4 is 5.91 Å². The monoisotopic (exact) mass is 176 g/mol. The Labute approximate surface area is 77.5 Å². The zero-order chi connectivity index (χ0) is 9.68. The third-order valence-corrected chi connectivity index (χ3v) is 1.59. The van der Waals surface area contributed by atoms with Crippen LogP contribution in [-0.2, 0) is 11.3 Å². The van der Waals surface area contributed by atoms with Crippen LogP contribution in [0.4, 0.5) is 0 Å². The van der Waals surface area contributed by atoms with Gasteiger partial charge in [-0.25, -0.2) is 0 Å². The van der Waals surface area contributed by atoms with E-state index in [1.807, 2.05) is 12.1 Å². The molecule has 1 aromatic rings. The lowest BCUT2D eigenvalue weighted by atomic mass is 10.2. The quantitative estimate of drug-likeness (QED) is 0.705. The molecule has 0 aliphatic heterocycles. The highest BCUT2D eigenvalue weighted by Gasteiger charge is 1.99. The zero-order valence-electron chi connectivity index (χ0n) is 7.58. The Balaban J connectivity index is 2.44. The first-order chi connectivity index (χ1) is 6.20. The predicted molar refractivity (Wildman–Crippen MR) is 50.9 cm³/mol. The van der Waals surface area contributed by atoms with Gasteiger partial charge in [0.05, 0.1) is 0 Å². The Morgan fingerprint density at radius 1 is 1.54 bits per heavy atom. The second-order valence-electron chi connectivity index (χ2n) is 2.82. The minimum absolute atomic E-state index is 0.114. The van der Waals surface area contributed by atoms with Crippen LogP contribution in [0.5, 0.6) is 0 Å². The largest absolute Gasteiger partial charge is 0.348 e. The van der Waals surface area contributed by atoms with Crippen molar-refractivity contribution in [2.24, 2.45) is 0 Å². The molecule has 0 unspecified atom stereocenters. The summed E-state index contributed by atoms with van der Waals surface area (Å²) in [4.78, 5) is 15.0. The maximum atomic E-state index is 11.1. The SMILES string of the molecule is C=C(C)C(=O)NCc1ccncc1. The van der Waals surface area contributed by atoms with Gasteiger partial charge >= 0.3 is 0 Å². The molecule has 0 saturated heterocycles. The molecule has 0 radical (unpaired) electrons. The summed E-state index contributed by atoms with van der Waals surface area (Å²) in [5.41, 5.74) is 1.55. The average molecular weight is 176 g/mol. The molecule has 0 atom stereocenters. The van der Waals surface area contributed by atoms with Gasteiger partial charge in [-0.15, -0.1) is 0 Å². The van der Waals surface area contributed by atoms with Gasteiger partial charge in [0.25, 0.3) is 0 Å². The number of carbonyl (C=O) groups is 1. The molecule has 0 aliphatic rings. The van der Waals surface area contributed by atoms with Crippen LogP contribution in [-0.4, -0.2) is 10.9 Å². The van der Waals surface area contributed by atoms with E-state index in [9.17, 15) is 4.79 Å². The number of aromatic nitrogens is 1. The summed E-state index contributed by atoms with van der Waals surface area (Å²) in [5.74, 6) is -0.114. The lowest BCUT2D eigenvalue weighted by molar-refractivity contribution is -0.117. The summed E-state index contributed by atoms with van der Waals surface area (Å²) in [7, 11) is 0. The molecule has 1 aromatic heterocycles. The van der Waals surface area contributed by atoms with Gasteiger partial charge in [-0.3, -0.25) is 9.78 Å². The summed E-state index contributed by atoms with van der Waals surface area (Å²) in [6.45, 7) is 5.75. The number of pyridine rings is 1. The van der Waals surface area contributed by atoms with Crippen molar-refractivity contribution in [1.82, 2.24) is 10.3 Å². The van der Waals surface area contributed by atoms with Crippen LogP contribution in [0.2, 0.25) is 0 Å². The maximum Gasteiger partial charge on any atom is 0.246 e. The molecule has 0 aromatic carbocycles. The predicted octanol–water partition coefficient (Wildman–Crippen LogP) is 1.27. The van der Waals surface area contributed by atoms with Crippen LogP contribution >= 0.6 is 0 Å². The van der Waals surface area contributed by atoms with Crippen LogP contribution in [0.3, 0.4) is 0 Å². The lowest BCUT2D eigenvalue weighted by Gasteiger charge is -2.03. The Bertz CT molecular complexity index is 306. The van der Waals surface area contributed by atoms with Gasteiger partial charge in [0.2, 0.25) is 5.91 Å². The molecule has 1 N–H and O–H groups in total. The molecule has 3 heteroatoms. The second-order valence-corrected chi connectivity index (χ2v) is 2.82. The third kappa shape index (κ3) is 3.07. The minimum atomic E-state index is -0.114. The smallest absolute Gasteiger partial charge is 0.246 e. The van der Waals surface area contributed by atoms with Crippen LogP contribution in [0.15, 0.2) is 36.7 Å². The van der Waals surface area contributed by atoms with Gasteiger partial charge in [0.15, 0.2) is 0 Å². The summed E-state index contributed by atoms with van der Waals surface area (Å²) < 4.78 is 0. The van der Waals surface area contributed by atoms with Gasteiger partial charge in [-0.1, -0.05) is 6.58 Å². The van der Waals surface area contributed by atoms with E-state index >= 15 is 0 Å². The first kappa shape index (κ1) is 9.45. The first-order valence-corrected chi connectivity index (χ1v) is 4.03. The molecule has 3 nitrogen and oxygen atoms in total. The highest BCUT2D eigenvalue weighted by atomic mass is 16.1. The van der Waals surface area contributed by atoms with Crippen molar-refractivity contribution in [3.05, 3.63) is 42.2 Å². The van der Waals surface area contributed by atoms with Crippen LogP contribution in [0.25, 0.3) is 0 Å². The van der Waals surface area contributed by atoms with Crippen molar-refractivity contribution in [3.63, 3.8) is 0 Å². The number of nitrogens with zero attached hydrogens (tertiary/aromatic N) is 1. The van der Waals surface area contributed by atoms with E-state index in [0.717, 1.165) is 5.56 Å². The van der Waals surface area contributed by atoms with Crippen molar-refractivity contribution < 1.29 is 4.79 Å². The van der Waals surface area contributed by atoms with E-state index in [1.54, 1.807) is 19.3 Å². The standard InChI is InChI=1S/C10H12N2O/c1-8(2)10(13)12-7-9-3-5-11-6-4-9/h3-6H,1,7H2,2H3,(H,12,13). The highest BCUT2D eigenvalue weighted by Crippen LogP contribution is 1.95. The van der Waals surface area contributed by atoms with Gasteiger partial charge in [-0.05, 0) is 24.6 Å². The number of carbonyl (C=O) groups excluding carboxylic acids is 1. The molecule has 13 heavy (non-hydrogen) atoms. The van der Waals surface area contributed by atoms with Crippen molar-refractivity contribution in [2.45, 2.75) is 13.5 Å². The Morgan fingerprint density at radius 3 is 2.69 bits per heavy atom. The van der Waals surface area contributed by atoms with Crippen LogP contribution in [0.1, 0.15) is 12.5 Å². The van der Waals surface area contributed by atoms with Crippen molar-refractivity contribution in [1.29, 1.82) is 0 Å². The average Bonchev–Trinajstić information content (AvgIpc) is 2.15. The number of hydrogen-bond acceptors (Lipinski definition) is 2. The molecule has 0 fully saturated rings. The maximum absolute atomic E-state index is 11.1.